The fourth-order valence-corrected chi connectivity index (χ4v) is 5.05. The van der Waals surface area contributed by atoms with Crippen LogP contribution in [0.3, 0.4) is 0 Å². The summed E-state index contributed by atoms with van der Waals surface area (Å²) >= 11 is 0. The Labute approximate surface area is 236 Å². The van der Waals surface area contributed by atoms with E-state index in [0.29, 0.717) is 35.8 Å². The lowest BCUT2D eigenvalue weighted by molar-refractivity contribution is -0.137. The molecule has 2 amide bonds. The summed E-state index contributed by atoms with van der Waals surface area (Å²) in [4.78, 5) is 36.0. The van der Waals surface area contributed by atoms with Gasteiger partial charge in [-0.05, 0) is 75.1 Å². The van der Waals surface area contributed by atoms with E-state index >= 15 is 0 Å². The minimum absolute atomic E-state index is 0.203. The van der Waals surface area contributed by atoms with Gasteiger partial charge in [0.1, 0.15) is 11.2 Å². The number of benzene rings is 2. The van der Waals surface area contributed by atoms with Gasteiger partial charge >= 0.3 is 0 Å². The number of aromatic nitrogens is 1. The van der Waals surface area contributed by atoms with Gasteiger partial charge < -0.3 is 14.5 Å². The number of anilines is 2. The molecule has 8 heteroatoms. The van der Waals surface area contributed by atoms with Gasteiger partial charge in [-0.25, -0.2) is 0 Å². The summed E-state index contributed by atoms with van der Waals surface area (Å²) in [5.41, 5.74) is 3.17. The van der Waals surface area contributed by atoms with Crippen LogP contribution in [0, 0.1) is 16.7 Å². The van der Waals surface area contributed by atoms with Crippen molar-refractivity contribution in [2.75, 3.05) is 43.1 Å². The largest absolute Gasteiger partial charge is 0.493 e. The summed E-state index contributed by atoms with van der Waals surface area (Å²) in [5.74, 6) is 0.216. The Balaban J connectivity index is 1.42. The first-order valence-corrected chi connectivity index (χ1v) is 13.7. The summed E-state index contributed by atoms with van der Waals surface area (Å²) in [6.45, 7) is 8.64. The van der Waals surface area contributed by atoms with Gasteiger partial charge in [-0.3, -0.25) is 19.5 Å². The van der Waals surface area contributed by atoms with Crippen LogP contribution < -0.4 is 14.5 Å². The lowest BCUT2D eigenvalue weighted by Crippen LogP contribution is -2.47. The zero-order valence-corrected chi connectivity index (χ0v) is 23.8. The molecular weight excluding hydrogens is 502 g/mol. The highest BCUT2D eigenvalue weighted by molar-refractivity contribution is 6.20. The number of nitrogens with zero attached hydrogens (tertiary/aromatic N) is 5. The topological polar surface area (TPSA) is 89.8 Å². The number of pyridine rings is 1. The van der Waals surface area contributed by atoms with E-state index in [1.165, 1.54) is 5.56 Å². The van der Waals surface area contributed by atoms with Crippen LogP contribution in [0.2, 0.25) is 0 Å². The lowest BCUT2D eigenvalue weighted by Gasteiger charge is -2.27. The second kappa shape index (κ2) is 12.8. The summed E-state index contributed by atoms with van der Waals surface area (Å²) in [5, 5.41) is 9.29. The Hall–Kier alpha value is -4.22. The number of ether oxygens (including phenoxy) is 1. The Morgan fingerprint density at radius 3 is 2.52 bits per heavy atom. The van der Waals surface area contributed by atoms with Crippen molar-refractivity contribution in [2.24, 2.45) is 5.41 Å². The summed E-state index contributed by atoms with van der Waals surface area (Å²) < 4.78 is 6.12. The second-order valence-electron chi connectivity index (χ2n) is 10.6. The number of amides is 2. The molecule has 0 aliphatic carbocycles. The van der Waals surface area contributed by atoms with Crippen molar-refractivity contribution < 1.29 is 14.3 Å². The predicted molar refractivity (Wildman–Crippen MR) is 156 cm³/mol. The van der Waals surface area contributed by atoms with E-state index in [2.05, 4.69) is 22.0 Å². The third-order valence-electron chi connectivity index (χ3n) is 7.32. The van der Waals surface area contributed by atoms with Crippen molar-refractivity contribution in [1.82, 2.24) is 9.88 Å². The molecule has 2 heterocycles. The molecule has 0 spiro atoms. The molecule has 0 bridgehead atoms. The molecule has 0 saturated carbocycles. The highest BCUT2D eigenvalue weighted by Crippen LogP contribution is 2.40. The maximum Gasteiger partial charge on any atom is 0.242 e. The van der Waals surface area contributed by atoms with E-state index < -0.39 is 5.41 Å². The van der Waals surface area contributed by atoms with Crippen LogP contribution in [0.1, 0.15) is 43.9 Å². The molecular formula is C32H37N5O3. The number of carbonyl (C=O) groups excluding carboxylic acids is 2. The van der Waals surface area contributed by atoms with Gasteiger partial charge in [0.2, 0.25) is 11.8 Å². The van der Waals surface area contributed by atoms with Crippen molar-refractivity contribution in [3.05, 3.63) is 83.7 Å². The maximum absolute atomic E-state index is 13.1. The average Bonchev–Trinajstić information content (AvgIpc) is 3.02. The minimum Gasteiger partial charge on any atom is -0.493 e. The standard InChI is InChI=1S/C32H37N5O3/c1-5-37-28-13-12-27(20-29(28)35(4)30(38)32(2,3)31(37)39)40-18-8-16-36(17-14-24-11-7-15-34-22-24)23-26-10-6-9-25(19-26)21-33/h6-7,9-13,15,19-20,22H,5,8,14,16-18,23H2,1-4H3. The van der Waals surface area contributed by atoms with Gasteiger partial charge in [-0.15, -0.1) is 0 Å². The molecule has 0 saturated heterocycles. The fourth-order valence-electron chi connectivity index (χ4n) is 5.05. The molecule has 0 fully saturated rings. The molecule has 1 aliphatic rings. The molecule has 8 nitrogen and oxygen atoms in total. The normalized spacial score (nSPS) is 14.6. The SMILES string of the molecule is CCN1C(=O)C(C)(C)C(=O)N(C)c2cc(OCCCN(CCc3cccnc3)Cc3cccc(C#N)c3)ccc21. The molecule has 0 atom stereocenters. The van der Waals surface area contributed by atoms with E-state index in [-0.39, 0.29) is 11.8 Å². The van der Waals surface area contributed by atoms with Gasteiger partial charge in [0.15, 0.2) is 0 Å². The maximum atomic E-state index is 13.1. The van der Waals surface area contributed by atoms with Crippen molar-refractivity contribution in [3.8, 4) is 11.8 Å². The number of carbonyl (C=O) groups is 2. The fraction of sp³-hybridized carbons (Fsp3) is 0.375. The first-order chi connectivity index (χ1) is 19.2. The third kappa shape index (κ3) is 6.49. The van der Waals surface area contributed by atoms with Gasteiger partial charge in [0, 0.05) is 51.7 Å². The molecule has 0 N–H and O–H groups in total. The summed E-state index contributed by atoms with van der Waals surface area (Å²) in [7, 11) is 1.71. The molecule has 3 aromatic rings. The third-order valence-corrected chi connectivity index (χ3v) is 7.32. The van der Waals surface area contributed by atoms with Crippen LogP contribution >= 0.6 is 0 Å². The van der Waals surface area contributed by atoms with Crippen LogP contribution in [0.25, 0.3) is 0 Å². The Kier molecular flexibility index (Phi) is 9.18. The minimum atomic E-state index is -1.14. The first kappa shape index (κ1) is 28.8. The number of fused-ring (bicyclic) bond motifs is 1. The van der Waals surface area contributed by atoms with Gasteiger partial charge in [-0.1, -0.05) is 18.2 Å². The van der Waals surface area contributed by atoms with Crippen molar-refractivity contribution in [3.63, 3.8) is 0 Å². The zero-order chi connectivity index (χ0) is 28.7. The lowest BCUT2D eigenvalue weighted by atomic mass is 9.90. The Morgan fingerprint density at radius 2 is 1.80 bits per heavy atom. The van der Waals surface area contributed by atoms with E-state index in [1.807, 2.05) is 61.7 Å². The summed E-state index contributed by atoms with van der Waals surface area (Å²) in [6.07, 6.45) is 5.34. The average molecular weight is 540 g/mol. The second-order valence-corrected chi connectivity index (χ2v) is 10.6. The van der Waals surface area contributed by atoms with Crippen LogP contribution in [0.5, 0.6) is 5.75 Å². The van der Waals surface area contributed by atoms with Crippen LogP contribution in [-0.4, -0.2) is 55.0 Å². The van der Waals surface area contributed by atoms with Crippen LogP contribution in [0.4, 0.5) is 11.4 Å². The Morgan fingerprint density at radius 1 is 1.00 bits per heavy atom. The van der Waals surface area contributed by atoms with E-state index in [9.17, 15) is 14.9 Å². The Bertz CT molecular complexity index is 1380. The van der Waals surface area contributed by atoms with Gasteiger partial charge in [0.05, 0.1) is 29.6 Å². The predicted octanol–water partition coefficient (Wildman–Crippen LogP) is 4.82. The van der Waals surface area contributed by atoms with Crippen molar-refractivity contribution in [1.29, 1.82) is 5.26 Å². The number of hydrogen-bond acceptors (Lipinski definition) is 6. The quantitative estimate of drug-likeness (QED) is 0.256. The van der Waals surface area contributed by atoms with Crippen molar-refractivity contribution >= 4 is 23.2 Å². The molecule has 0 unspecified atom stereocenters. The molecule has 0 radical (unpaired) electrons. The number of nitriles is 1. The molecule has 4 rings (SSSR count). The summed E-state index contributed by atoms with van der Waals surface area (Å²) in [6, 6.07) is 19.5. The van der Waals surface area contributed by atoms with E-state index in [4.69, 9.17) is 4.74 Å². The highest BCUT2D eigenvalue weighted by atomic mass is 16.5. The van der Waals surface area contributed by atoms with Crippen LogP contribution in [0.15, 0.2) is 67.0 Å². The van der Waals surface area contributed by atoms with Crippen molar-refractivity contribution in [2.45, 2.75) is 40.2 Å². The van der Waals surface area contributed by atoms with Gasteiger partial charge in [0.25, 0.3) is 0 Å². The number of rotatable bonds is 11. The molecule has 208 valence electrons. The monoisotopic (exact) mass is 539 g/mol. The van der Waals surface area contributed by atoms with E-state index in [0.717, 1.165) is 38.0 Å². The molecule has 2 aromatic carbocycles. The smallest absolute Gasteiger partial charge is 0.242 e. The first-order valence-electron chi connectivity index (χ1n) is 13.7. The molecule has 40 heavy (non-hydrogen) atoms. The van der Waals surface area contributed by atoms with Crippen LogP contribution in [-0.2, 0) is 22.6 Å². The van der Waals surface area contributed by atoms with E-state index in [1.54, 1.807) is 36.9 Å². The zero-order valence-electron chi connectivity index (χ0n) is 23.8. The highest BCUT2D eigenvalue weighted by Gasteiger charge is 2.45. The molecule has 1 aromatic heterocycles. The van der Waals surface area contributed by atoms with Gasteiger partial charge in [-0.2, -0.15) is 5.26 Å². The molecule has 1 aliphatic heterocycles. The number of hydrogen-bond donors (Lipinski definition) is 0.